The molecular weight excluding hydrogens is 242 g/mol. The van der Waals surface area contributed by atoms with Gasteiger partial charge in [-0.15, -0.1) is 0 Å². The Morgan fingerprint density at radius 1 is 1.21 bits per heavy atom. The van der Waals surface area contributed by atoms with E-state index in [0.29, 0.717) is 17.9 Å². The molecule has 0 amide bonds. The Hall–Kier alpha value is -0.160. The largest absolute Gasteiger partial charge is 0.353 e. The summed E-state index contributed by atoms with van der Waals surface area (Å²) in [5, 5.41) is 2.23. The first-order valence-corrected chi connectivity index (χ1v) is 8.06. The molecular formula is C15H25NO3. The van der Waals surface area contributed by atoms with Crippen LogP contribution in [0.4, 0.5) is 0 Å². The number of ether oxygens (including phenoxy) is 2. The standard InChI is InChI=1S/C15H25NO3/c1-2-3-8-17-14-9-11-4-6-13-7-5-12-10-18-16(13)15(11,12)19-14/h11-14H,2-10H2,1H3/t11?,12-,13?,14?,15?/m0/s1. The van der Waals surface area contributed by atoms with E-state index >= 15 is 0 Å². The zero-order valence-electron chi connectivity index (χ0n) is 11.8. The van der Waals surface area contributed by atoms with Crippen molar-refractivity contribution in [1.29, 1.82) is 0 Å². The van der Waals surface area contributed by atoms with Gasteiger partial charge < -0.3 is 9.47 Å². The van der Waals surface area contributed by atoms with Crippen molar-refractivity contribution in [2.45, 2.75) is 69.9 Å². The van der Waals surface area contributed by atoms with Gasteiger partial charge in [-0.05, 0) is 32.1 Å². The Kier molecular flexibility index (Phi) is 3.10. The van der Waals surface area contributed by atoms with E-state index in [9.17, 15) is 0 Å². The smallest absolute Gasteiger partial charge is 0.160 e. The molecule has 0 aliphatic carbocycles. The van der Waals surface area contributed by atoms with Crippen LogP contribution in [0.15, 0.2) is 0 Å². The second-order valence-electron chi connectivity index (χ2n) is 6.58. The Labute approximate surface area is 115 Å². The molecule has 0 aromatic heterocycles. The van der Waals surface area contributed by atoms with E-state index in [0.717, 1.165) is 26.1 Å². The summed E-state index contributed by atoms with van der Waals surface area (Å²) in [6.07, 6.45) is 8.47. The van der Waals surface area contributed by atoms with Crippen molar-refractivity contribution in [2.75, 3.05) is 13.2 Å². The lowest BCUT2D eigenvalue weighted by atomic mass is 9.71. The van der Waals surface area contributed by atoms with Crippen LogP contribution >= 0.6 is 0 Å². The lowest BCUT2D eigenvalue weighted by molar-refractivity contribution is -0.330. The number of unbranched alkanes of at least 4 members (excludes halogenated alkanes) is 1. The molecule has 4 heteroatoms. The van der Waals surface area contributed by atoms with Gasteiger partial charge in [-0.25, -0.2) is 0 Å². The van der Waals surface area contributed by atoms with Crippen LogP contribution in [0.5, 0.6) is 0 Å². The molecule has 0 radical (unpaired) electrons. The molecule has 19 heavy (non-hydrogen) atoms. The SMILES string of the molecule is CCCCOC1CC2CCC3CC[C@H]4CON3C24O1. The summed E-state index contributed by atoms with van der Waals surface area (Å²) in [5.41, 5.74) is -0.127. The maximum Gasteiger partial charge on any atom is 0.160 e. The van der Waals surface area contributed by atoms with Gasteiger partial charge in [-0.1, -0.05) is 13.3 Å². The molecule has 0 aromatic carbocycles. The summed E-state index contributed by atoms with van der Waals surface area (Å²) in [6, 6.07) is 0.587. The van der Waals surface area contributed by atoms with Gasteiger partial charge in [0.2, 0.25) is 0 Å². The van der Waals surface area contributed by atoms with E-state index in [1.807, 2.05) is 0 Å². The molecule has 6 atom stereocenters. The first kappa shape index (κ1) is 12.6. The van der Waals surface area contributed by atoms with Gasteiger partial charge in [-0.3, -0.25) is 4.84 Å². The molecule has 4 aliphatic rings. The van der Waals surface area contributed by atoms with Gasteiger partial charge >= 0.3 is 0 Å². The second kappa shape index (κ2) is 4.69. The number of hydrogen-bond acceptors (Lipinski definition) is 4. The maximum absolute atomic E-state index is 6.44. The van der Waals surface area contributed by atoms with Crippen molar-refractivity contribution < 1.29 is 14.3 Å². The lowest BCUT2D eigenvalue weighted by Gasteiger charge is -2.51. The minimum absolute atomic E-state index is 0.0000926. The Morgan fingerprint density at radius 2 is 2.05 bits per heavy atom. The van der Waals surface area contributed by atoms with Crippen LogP contribution < -0.4 is 0 Å². The number of hydroxylamine groups is 2. The predicted octanol–water partition coefficient (Wildman–Crippen LogP) is 2.68. The van der Waals surface area contributed by atoms with Crippen LogP contribution in [0.25, 0.3) is 0 Å². The monoisotopic (exact) mass is 267 g/mol. The maximum atomic E-state index is 6.44. The third-order valence-electron chi connectivity index (χ3n) is 5.56. The molecule has 4 fully saturated rings. The van der Waals surface area contributed by atoms with Crippen LogP contribution in [0, 0.1) is 11.8 Å². The van der Waals surface area contributed by atoms with Crippen molar-refractivity contribution in [3.8, 4) is 0 Å². The van der Waals surface area contributed by atoms with E-state index in [1.165, 1.54) is 32.1 Å². The van der Waals surface area contributed by atoms with Crippen molar-refractivity contribution in [1.82, 2.24) is 5.06 Å². The molecule has 0 N–H and O–H groups in total. The first-order valence-electron chi connectivity index (χ1n) is 8.06. The second-order valence-corrected chi connectivity index (χ2v) is 6.58. The normalized spacial score (nSPS) is 51.3. The van der Waals surface area contributed by atoms with Gasteiger partial charge in [0.05, 0.1) is 6.61 Å². The van der Waals surface area contributed by atoms with Gasteiger partial charge in [0, 0.05) is 30.9 Å². The average Bonchev–Trinajstić information content (AvgIpc) is 2.86. The van der Waals surface area contributed by atoms with E-state index < -0.39 is 0 Å². The van der Waals surface area contributed by atoms with Crippen molar-refractivity contribution in [3.05, 3.63) is 0 Å². The molecule has 4 rings (SSSR count). The van der Waals surface area contributed by atoms with E-state index in [2.05, 4.69) is 12.0 Å². The van der Waals surface area contributed by atoms with Crippen molar-refractivity contribution >= 4 is 0 Å². The minimum atomic E-state index is -0.127. The molecule has 1 spiro atoms. The molecule has 4 nitrogen and oxygen atoms in total. The molecule has 0 aromatic rings. The van der Waals surface area contributed by atoms with Crippen LogP contribution in [0.1, 0.15) is 51.9 Å². The van der Waals surface area contributed by atoms with E-state index in [-0.39, 0.29) is 12.0 Å². The average molecular weight is 267 g/mol. The van der Waals surface area contributed by atoms with E-state index in [4.69, 9.17) is 14.3 Å². The summed E-state index contributed by atoms with van der Waals surface area (Å²) in [6.45, 7) is 3.89. The fraction of sp³-hybridized carbons (Fsp3) is 1.00. The van der Waals surface area contributed by atoms with Gasteiger partial charge in [0.15, 0.2) is 12.0 Å². The summed E-state index contributed by atoms with van der Waals surface area (Å²) in [4.78, 5) is 5.98. The zero-order valence-corrected chi connectivity index (χ0v) is 11.8. The van der Waals surface area contributed by atoms with Gasteiger partial charge in [-0.2, -0.15) is 5.06 Å². The lowest BCUT2D eigenvalue weighted by Crippen LogP contribution is -2.61. The highest BCUT2D eigenvalue weighted by Crippen LogP contribution is 2.58. The highest BCUT2D eigenvalue weighted by molar-refractivity contribution is 5.07. The molecule has 4 aliphatic heterocycles. The quantitative estimate of drug-likeness (QED) is 0.733. The van der Waals surface area contributed by atoms with Gasteiger partial charge in [0.1, 0.15) is 0 Å². The Bertz CT molecular complexity index is 350. The van der Waals surface area contributed by atoms with E-state index in [1.54, 1.807) is 0 Å². The fourth-order valence-electron chi connectivity index (χ4n) is 4.62. The van der Waals surface area contributed by atoms with Crippen LogP contribution in [0.3, 0.4) is 0 Å². The third-order valence-corrected chi connectivity index (χ3v) is 5.56. The fourth-order valence-corrected chi connectivity index (χ4v) is 4.62. The highest BCUT2D eigenvalue weighted by Gasteiger charge is 2.66. The number of piperidine rings is 2. The van der Waals surface area contributed by atoms with Crippen molar-refractivity contribution in [3.63, 3.8) is 0 Å². The molecule has 4 heterocycles. The molecule has 4 bridgehead atoms. The topological polar surface area (TPSA) is 30.9 Å². The molecule has 0 saturated carbocycles. The minimum Gasteiger partial charge on any atom is -0.353 e. The molecule has 4 saturated heterocycles. The number of rotatable bonds is 4. The first-order chi connectivity index (χ1) is 9.34. The van der Waals surface area contributed by atoms with Crippen LogP contribution in [-0.2, 0) is 14.3 Å². The summed E-state index contributed by atoms with van der Waals surface area (Å²) >= 11 is 0. The van der Waals surface area contributed by atoms with Gasteiger partial charge in [0.25, 0.3) is 0 Å². The Balaban J connectivity index is 1.52. The Morgan fingerprint density at radius 3 is 2.89 bits per heavy atom. The van der Waals surface area contributed by atoms with Crippen molar-refractivity contribution in [2.24, 2.45) is 11.8 Å². The predicted molar refractivity (Wildman–Crippen MR) is 70.1 cm³/mol. The summed E-state index contributed by atoms with van der Waals surface area (Å²) in [7, 11) is 0. The highest BCUT2D eigenvalue weighted by atomic mass is 16.8. The van der Waals surface area contributed by atoms with Crippen LogP contribution in [-0.4, -0.2) is 36.3 Å². The number of nitrogens with zero attached hydrogens (tertiary/aromatic N) is 1. The summed E-state index contributed by atoms with van der Waals surface area (Å²) < 4.78 is 12.4. The van der Waals surface area contributed by atoms with Crippen LogP contribution in [0.2, 0.25) is 0 Å². The molecule has 5 unspecified atom stereocenters. The summed E-state index contributed by atoms with van der Waals surface area (Å²) in [5.74, 6) is 1.18. The third kappa shape index (κ3) is 1.73. The molecule has 108 valence electrons. The number of hydrogen-bond donors (Lipinski definition) is 0. The zero-order chi connectivity index (χ0) is 12.9.